The molecule has 2 fully saturated rings. The van der Waals surface area contributed by atoms with Crippen LogP contribution in [0.25, 0.3) is 0 Å². The van der Waals surface area contributed by atoms with E-state index in [2.05, 4.69) is 17.2 Å². The summed E-state index contributed by atoms with van der Waals surface area (Å²) in [6.45, 7) is 2.88. The SMILES string of the molecule is CCCNC(=O)N1CC(=O)N2[C@H](CO)[C@H](c3ccc(C#Cc4cccc(F)c4)cc3)[C@@H]2C1. The predicted molar refractivity (Wildman–Crippen MR) is 118 cm³/mol. The summed E-state index contributed by atoms with van der Waals surface area (Å²) in [6.07, 6.45) is 0.826. The maximum atomic E-state index is 13.3. The summed E-state index contributed by atoms with van der Waals surface area (Å²) in [4.78, 5) is 28.3. The van der Waals surface area contributed by atoms with Crippen molar-refractivity contribution < 1.29 is 19.1 Å². The van der Waals surface area contributed by atoms with Crippen LogP contribution < -0.4 is 5.32 Å². The number of amides is 3. The highest BCUT2D eigenvalue weighted by molar-refractivity contribution is 5.87. The fourth-order valence-electron chi connectivity index (χ4n) is 4.50. The quantitative estimate of drug-likeness (QED) is 0.724. The van der Waals surface area contributed by atoms with Crippen molar-refractivity contribution >= 4 is 11.9 Å². The van der Waals surface area contributed by atoms with Gasteiger partial charge in [-0.1, -0.05) is 37.0 Å². The Kier molecular flexibility index (Phi) is 6.42. The minimum atomic E-state index is -0.323. The van der Waals surface area contributed by atoms with E-state index < -0.39 is 0 Å². The summed E-state index contributed by atoms with van der Waals surface area (Å²) >= 11 is 0. The fourth-order valence-corrected chi connectivity index (χ4v) is 4.50. The number of fused-ring (bicyclic) bond motifs is 1. The summed E-state index contributed by atoms with van der Waals surface area (Å²) in [5.74, 6) is 5.46. The molecule has 2 N–H and O–H groups in total. The summed E-state index contributed by atoms with van der Waals surface area (Å²) < 4.78 is 13.3. The highest BCUT2D eigenvalue weighted by Crippen LogP contribution is 2.42. The molecule has 6 nitrogen and oxygen atoms in total. The zero-order valence-corrected chi connectivity index (χ0v) is 17.9. The van der Waals surface area contributed by atoms with E-state index in [1.807, 2.05) is 31.2 Å². The van der Waals surface area contributed by atoms with Crippen LogP contribution >= 0.6 is 0 Å². The fraction of sp³-hybridized carbons (Fsp3) is 0.360. The predicted octanol–water partition coefficient (Wildman–Crippen LogP) is 2.32. The van der Waals surface area contributed by atoms with Gasteiger partial charge in [-0.3, -0.25) is 4.79 Å². The van der Waals surface area contributed by atoms with E-state index in [0.717, 1.165) is 17.5 Å². The molecule has 0 unspecified atom stereocenters. The van der Waals surface area contributed by atoms with Crippen LogP contribution in [-0.2, 0) is 4.79 Å². The maximum Gasteiger partial charge on any atom is 0.317 e. The Balaban J connectivity index is 1.50. The standard InChI is InChI=1S/C25H26FN3O3/c1-2-12-27-25(32)28-14-21-24(22(16-30)29(21)23(31)15-28)19-10-8-17(9-11-19)6-7-18-4-3-5-20(26)13-18/h3-5,8-11,13,21-22,24,30H,2,12,14-16H2,1H3,(H,27,32)/t21-,22+,24+/m0/s1. The first-order valence-corrected chi connectivity index (χ1v) is 10.8. The lowest BCUT2D eigenvalue weighted by atomic mass is 9.73. The van der Waals surface area contributed by atoms with Crippen molar-refractivity contribution in [3.63, 3.8) is 0 Å². The third-order valence-corrected chi connectivity index (χ3v) is 6.04. The van der Waals surface area contributed by atoms with Crippen molar-refractivity contribution in [2.45, 2.75) is 31.3 Å². The minimum Gasteiger partial charge on any atom is -0.394 e. The molecule has 2 aromatic rings. The molecule has 2 aliphatic heterocycles. The molecule has 4 rings (SSSR count). The number of aliphatic hydroxyl groups excluding tert-OH is 1. The van der Waals surface area contributed by atoms with Gasteiger partial charge in [0.05, 0.1) is 18.7 Å². The Morgan fingerprint density at radius 2 is 1.94 bits per heavy atom. The van der Waals surface area contributed by atoms with Gasteiger partial charge < -0.3 is 20.2 Å². The number of aliphatic hydroxyl groups is 1. The number of rotatable bonds is 4. The van der Waals surface area contributed by atoms with E-state index in [4.69, 9.17) is 0 Å². The summed E-state index contributed by atoms with van der Waals surface area (Å²) in [5.41, 5.74) is 2.38. The molecular formula is C25H26FN3O3. The van der Waals surface area contributed by atoms with E-state index in [0.29, 0.717) is 18.7 Å². The lowest BCUT2D eigenvalue weighted by molar-refractivity contribution is -0.159. The molecular weight excluding hydrogens is 409 g/mol. The second-order valence-electron chi connectivity index (χ2n) is 8.14. The highest BCUT2D eigenvalue weighted by Gasteiger charge is 2.54. The lowest BCUT2D eigenvalue weighted by Gasteiger charge is -2.58. The van der Waals surface area contributed by atoms with Crippen LogP contribution in [-0.4, -0.2) is 65.2 Å². The van der Waals surface area contributed by atoms with E-state index in [1.54, 1.807) is 21.9 Å². The summed E-state index contributed by atoms with van der Waals surface area (Å²) in [6, 6.07) is 13.1. The molecule has 2 aliphatic rings. The first-order chi connectivity index (χ1) is 15.5. The summed E-state index contributed by atoms with van der Waals surface area (Å²) in [7, 11) is 0. The highest BCUT2D eigenvalue weighted by atomic mass is 19.1. The average Bonchev–Trinajstić information content (AvgIpc) is 2.78. The van der Waals surface area contributed by atoms with Gasteiger partial charge >= 0.3 is 6.03 Å². The second kappa shape index (κ2) is 9.41. The van der Waals surface area contributed by atoms with Gasteiger partial charge in [-0.2, -0.15) is 0 Å². The van der Waals surface area contributed by atoms with E-state index in [-0.39, 0.29) is 48.9 Å². The van der Waals surface area contributed by atoms with Crippen molar-refractivity contribution in [3.8, 4) is 11.8 Å². The van der Waals surface area contributed by atoms with E-state index in [9.17, 15) is 19.1 Å². The Hall–Kier alpha value is -3.37. The van der Waals surface area contributed by atoms with Crippen molar-refractivity contribution in [1.29, 1.82) is 0 Å². The number of nitrogens with zero attached hydrogens (tertiary/aromatic N) is 2. The normalized spacial score (nSPS) is 21.8. The van der Waals surface area contributed by atoms with Crippen molar-refractivity contribution in [2.24, 2.45) is 0 Å². The number of nitrogens with one attached hydrogen (secondary N) is 1. The van der Waals surface area contributed by atoms with Crippen molar-refractivity contribution in [1.82, 2.24) is 15.1 Å². The molecule has 2 heterocycles. The van der Waals surface area contributed by atoms with Gasteiger partial charge in [-0.15, -0.1) is 0 Å². The lowest BCUT2D eigenvalue weighted by Crippen LogP contribution is -2.73. The molecule has 166 valence electrons. The van der Waals surface area contributed by atoms with Crippen LogP contribution in [0.15, 0.2) is 48.5 Å². The average molecular weight is 435 g/mol. The minimum absolute atomic E-state index is 0.0316. The van der Waals surface area contributed by atoms with Gasteiger partial charge in [0.25, 0.3) is 0 Å². The van der Waals surface area contributed by atoms with Crippen LogP contribution in [0, 0.1) is 17.7 Å². The van der Waals surface area contributed by atoms with Gasteiger partial charge in [0.2, 0.25) is 5.91 Å². The molecule has 0 aliphatic carbocycles. The molecule has 0 radical (unpaired) electrons. The molecule has 0 saturated carbocycles. The number of carbonyl (C=O) groups is 2. The number of benzene rings is 2. The van der Waals surface area contributed by atoms with Crippen molar-refractivity contribution in [2.75, 3.05) is 26.2 Å². The van der Waals surface area contributed by atoms with Gasteiger partial charge in [0, 0.05) is 30.1 Å². The number of hydrogen-bond donors (Lipinski definition) is 2. The largest absolute Gasteiger partial charge is 0.394 e. The zero-order valence-electron chi connectivity index (χ0n) is 17.9. The van der Waals surface area contributed by atoms with Crippen LogP contribution in [0.1, 0.15) is 36.0 Å². The van der Waals surface area contributed by atoms with Crippen LogP contribution in [0.2, 0.25) is 0 Å². The molecule has 2 aromatic carbocycles. The molecule has 0 aromatic heterocycles. The molecule has 0 spiro atoms. The molecule has 3 atom stereocenters. The third-order valence-electron chi connectivity index (χ3n) is 6.04. The number of hydrogen-bond acceptors (Lipinski definition) is 3. The van der Waals surface area contributed by atoms with E-state index in [1.165, 1.54) is 12.1 Å². The molecule has 2 saturated heterocycles. The van der Waals surface area contributed by atoms with Gasteiger partial charge in [-0.25, -0.2) is 9.18 Å². The van der Waals surface area contributed by atoms with Crippen LogP contribution in [0.4, 0.5) is 9.18 Å². The molecule has 3 amide bonds. The Bertz CT molecular complexity index is 1060. The second-order valence-corrected chi connectivity index (χ2v) is 8.14. The van der Waals surface area contributed by atoms with E-state index >= 15 is 0 Å². The zero-order chi connectivity index (χ0) is 22.7. The summed E-state index contributed by atoms with van der Waals surface area (Å²) in [5, 5.41) is 12.7. The van der Waals surface area contributed by atoms with Crippen molar-refractivity contribution in [3.05, 3.63) is 71.0 Å². The first-order valence-electron chi connectivity index (χ1n) is 10.8. The van der Waals surface area contributed by atoms with Gasteiger partial charge in [-0.05, 0) is 42.3 Å². The van der Waals surface area contributed by atoms with Crippen LogP contribution in [0.3, 0.4) is 0 Å². The first kappa shape index (κ1) is 21.8. The monoisotopic (exact) mass is 435 g/mol. The maximum absolute atomic E-state index is 13.3. The smallest absolute Gasteiger partial charge is 0.317 e. The Morgan fingerprint density at radius 3 is 2.62 bits per heavy atom. The molecule has 0 bridgehead atoms. The molecule has 7 heteroatoms. The van der Waals surface area contributed by atoms with Gasteiger partial charge in [0.15, 0.2) is 0 Å². The third kappa shape index (κ3) is 4.32. The number of urea groups is 1. The molecule has 32 heavy (non-hydrogen) atoms. The number of halogens is 1. The van der Waals surface area contributed by atoms with Crippen LogP contribution in [0.5, 0.6) is 0 Å². The number of piperazine rings is 1. The Labute approximate surface area is 187 Å². The number of carbonyl (C=O) groups excluding carboxylic acids is 2. The van der Waals surface area contributed by atoms with Gasteiger partial charge in [0.1, 0.15) is 12.4 Å². The Morgan fingerprint density at radius 1 is 1.19 bits per heavy atom. The topological polar surface area (TPSA) is 72.9 Å².